The average molecular weight is 373 g/mol. The normalized spacial score (nSPS) is 9.94. The number of carbonyl (C=O) groups is 1. The second-order valence-electron chi connectivity index (χ2n) is 4.68. The summed E-state index contributed by atoms with van der Waals surface area (Å²) in [4.78, 5) is 10.3. The SMILES string of the molecule is CCCCCCCCCCCCCC(=O)O.[Nd]. The van der Waals surface area contributed by atoms with Crippen LogP contribution < -0.4 is 0 Å². The molecule has 0 rings (SSSR count). The second kappa shape index (κ2) is 16.8. The van der Waals surface area contributed by atoms with Crippen LogP contribution in [0.4, 0.5) is 0 Å². The van der Waals surface area contributed by atoms with Gasteiger partial charge in [0.15, 0.2) is 0 Å². The van der Waals surface area contributed by atoms with Crippen LogP contribution in [-0.4, -0.2) is 11.1 Å². The Bertz CT molecular complexity index is 160. The van der Waals surface area contributed by atoms with Crippen molar-refractivity contribution in [3.05, 3.63) is 0 Å². The summed E-state index contributed by atoms with van der Waals surface area (Å²) in [6.45, 7) is 2.25. The molecule has 0 fully saturated rings. The minimum atomic E-state index is -0.657. The zero-order valence-corrected chi connectivity index (χ0v) is 14.5. The molecule has 0 bridgehead atoms. The Hall–Kier alpha value is 0.821. The third kappa shape index (κ3) is 19.3. The van der Waals surface area contributed by atoms with Crippen LogP contribution in [0.25, 0.3) is 0 Å². The Morgan fingerprint density at radius 1 is 0.765 bits per heavy atom. The fourth-order valence-corrected chi connectivity index (χ4v) is 1.94. The van der Waals surface area contributed by atoms with Gasteiger partial charge in [0, 0.05) is 47.3 Å². The van der Waals surface area contributed by atoms with E-state index >= 15 is 0 Å². The maximum Gasteiger partial charge on any atom is 0.303 e. The fraction of sp³-hybridized carbons (Fsp3) is 0.929. The van der Waals surface area contributed by atoms with E-state index in [-0.39, 0.29) is 40.8 Å². The Morgan fingerprint density at radius 3 is 1.47 bits per heavy atom. The molecular formula is C14H28NdO2. The fourth-order valence-electron chi connectivity index (χ4n) is 1.94. The molecule has 0 unspecified atom stereocenters. The van der Waals surface area contributed by atoms with Gasteiger partial charge in [0.25, 0.3) is 0 Å². The summed E-state index contributed by atoms with van der Waals surface area (Å²) in [5.74, 6) is -0.657. The maximum atomic E-state index is 10.3. The largest absolute Gasteiger partial charge is 0.481 e. The van der Waals surface area contributed by atoms with Gasteiger partial charge < -0.3 is 5.11 Å². The molecule has 0 atom stereocenters. The first-order valence-electron chi connectivity index (χ1n) is 6.99. The van der Waals surface area contributed by atoms with E-state index in [1.54, 1.807) is 0 Å². The predicted molar refractivity (Wildman–Crippen MR) is 68.7 cm³/mol. The van der Waals surface area contributed by atoms with E-state index in [1.807, 2.05) is 0 Å². The molecule has 0 aromatic rings. The van der Waals surface area contributed by atoms with Gasteiger partial charge in [-0.2, -0.15) is 0 Å². The molecule has 0 radical (unpaired) electrons. The number of carboxylic acids is 1. The van der Waals surface area contributed by atoms with Crippen molar-refractivity contribution >= 4 is 5.97 Å². The van der Waals surface area contributed by atoms with Gasteiger partial charge in [-0.1, -0.05) is 71.1 Å². The number of carboxylic acid groups (broad SMARTS) is 1. The van der Waals surface area contributed by atoms with Crippen molar-refractivity contribution in [2.24, 2.45) is 0 Å². The quantitative estimate of drug-likeness (QED) is 0.501. The number of rotatable bonds is 12. The van der Waals surface area contributed by atoms with Gasteiger partial charge in [-0.25, -0.2) is 0 Å². The first-order valence-corrected chi connectivity index (χ1v) is 6.99. The first-order chi connectivity index (χ1) is 7.77. The van der Waals surface area contributed by atoms with E-state index in [9.17, 15) is 4.79 Å². The van der Waals surface area contributed by atoms with Crippen molar-refractivity contribution < 1.29 is 50.7 Å². The van der Waals surface area contributed by atoms with Gasteiger partial charge in [-0.15, -0.1) is 0 Å². The van der Waals surface area contributed by atoms with Gasteiger partial charge in [0.05, 0.1) is 0 Å². The molecule has 0 aromatic heterocycles. The van der Waals surface area contributed by atoms with Crippen molar-refractivity contribution in [1.82, 2.24) is 0 Å². The van der Waals surface area contributed by atoms with Gasteiger partial charge in [-0.05, 0) is 6.42 Å². The summed E-state index contributed by atoms with van der Waals surface area (Å²) >= 11 is 0. The van der Waals surface area contributed by atoms with Gasteiger partial charge in [0.2, 0.25) is 0 Å². The molecule has 0 spiro atoms. The third-order valence-corrected chi connectivity index (χ3v) is 2.99. The molecule has 0 aliphatic rings. The van der Waals surface area contributed by atoms with Crippen LogP contribution in [0.5, 0.6) is 0 Å². The zero-order chi connectivity index (χ0) is 12.1. The van der Waals surface area contributed by atoms with Crippen LogP contribution in [0.1, 0.15) is 84.0 Å². The Kier molecular flexibility index (Phi) is 19.9. The van der Waals surface area contributed by atoms with Crippen molar-refractivity contribution in [2.45, 2.75) is 84.0 Å². The molecule has 3 heteroatoms. The summed E-state index contributed by atoms with van der Waals surface area (Å²) in [5.41, 5.74) is 0. The molecule has 17 heavy (non-hydrogen) atoms. The van der Waals surface area contributed by atoms with E-state index < -0.39 is 5.97 Å². The summed E-state index contributed by atoms with van der Waals surface area (Å²) < 4.78 is 0. The van der Waals surface area contributed by atoms with Crippen LogP contribution in [0, 0.1) is 40.8 Å². The first kappa shape index (κ1) is 20.1. The van der Waals surface area contributed by atoms with Crippen molar-refractivity contribution in [3.63, 3.8) is 0 Å². The van der Waals surface area contributed by atoms with E-state index in [0.29, 0.717) is 6.42 Å². The Morgan fingerprint density at radius 2 is 1.12 bits per heavy atom. The van der Waals surface area contributed by atoms with E-state index in [2.05, 4.69) is 6.92 Å². The predicted octanol–water partition coefficient (Wildman–Crippen LogP) is 4.77. The molecule has 0 aliphatic carbocycles. The molecule has 100 valence electrons. The smallest absolute Gasteiger partial charge is 0.303 e. The molecule has 0 saturated carbocycles. The second-order valence-corrected chi connectivity index (χ2v) is 4.68. The summed E-state index contributed by atoms with van der Waals surface area (Å²) in [6, 6.07) is 0. The monoisotopic (exact) mass is 370 g/mol. The van der Waals surface area contributed by atoms with E-state index in [0.717, 1.165) is 12.8 Å². The number of hydrogen-bond acceptors (Lipinski definition) is 1. The minimum Gasteiger partial charge on any atom is -0.481 e. The Labute approximate surface area is 139 Å². The maximum absolute atomic E-state index is 10.3. The summed E-state index contributed by atoms with van der Waals surface area (Å²) in [5, 5.41) is 8.46. The van der Waals surface area contributed by atoms with Crippen molar-refractivity contribution in [2.75, 3.05) is 0 Å². The van der Waals surface area contributed by atoms with Crippen LogP contribution in [0.3, 0.4) is 0 Å². The molecule has 0 aromatic carbocycles. The molecule has 0 heterocycles. The zero-order valence-electron chi connectivity index (χ0n) is 11.3. The van der Waals surface area contributed by atoms with Crippen LogP contribution in [-0.2, 0) is 4.79 Å². The minimum absolute atomic E-state index is 0. The summed E-state index contributed by atoms with van der Waals surface area (Å²) in [7, 11) is 0. The van der Waals surface area contributed by atoms with Gasteiger partial charge in [0.1, 0.15) is 0 Å². The van der Waals surface area contributed by atoms with Gasteiger partial charge in [-0.3, -0.25) is 4.79 Å². The molecule has 0 amide bonds. The van der Waals surface area contributed by atoms with Crippen LogP contribution >= 0.6 is 0 Å². The van der Waals surface area contributed by atoms with E-state index in [4.69, 9.17) is 5.11 Å². The number of aliphatic carboxylic acids is 1. The standard InChI is InChI=1S/C14H28O2.Nd/c1-2-3-4-5-6-7-8-9-10-11-12-13-14(15)16;/h2-13H2,1H3,(H,15,16);. The van der Waals surface area contributed by atoms with Crippen LogP contribution in [0.15, 0.2) is 0 Å². The number of unbranched alkanes of at least 4 members (excludes halogenated alkanes) is 10. The molecule has 0 aliphatic heterocycles. The summed E-state index contributed by atoms with van der Waals surface area (Å²) in [6.07, 6.45) is 14.4. The molecule has 2 nitrogen and oxygen atoms in total. The molecule has 1 N–H and O–H groups in total. The third-order valence-electron chi connectivity index (χ3n) is 2.99. The van der Waals surface area contributed by atoms with Gasteiger partial charge >= 0.3 is 5.97 Å². The van der Waals surface area contributed by atoms with Crippen LogP contribution in [0.2, 0.25) is 0 Å². The topological polar surface area (TPSA) is 37.3 Å². The average Bonchev–Trinajstić information content (AvgIpc) is 2.25. The van der Waals surface area contributed by atoms with Crippen molar-refractivity contribution in [1.29, 1.82) is 0 Å². The van der Waals surface area contributed by atoms with Crippen molar-refractivity contribution in [3.8, 4) is 0 Å². The molecule has 0 saturated heterocycles. The number of hydrogen-bond donors (Lipinski definition) is 1. The Balaban J connectivity index is 0. The molecular weight excluding hydrogens is 344 g/mol. The van der Waals surface area contributed by atoms with E-state index in [1.165, 1.54) is 57.8 Å².